The SMILES string of the molecule is O=C(NCC[C@@H]1[C@H]2CN(c3nc(Cl)ncc3F)C[C@@H]12)c1cc2ccncc2o1. The van der Waals surface area contributed by atoms with Gasteiger partial charge in [-0.3, -0.25) is 9.78 Å². The Balaban J connectivity index is 1.12. The summed E-state index contributed by atoms with van der Waals surface area (Å²) in [4.78, 5) is 25.8. The summed E-state index contributed by atoms with van der Waals surface area (Å²) >= 11 is 5.78. The minimum Gasteiger partial charge on any atom is -0.449 e. The standard InChI is InChI=1S/C19H17ClFN5O2/c20-19-24-6-14(21)17(25-19)26-8-12-11(13(12)9-26)2-4-23-18(27)15-5-10-1-3-22-7-16(10)28-15/h1,3,5-7,11-13H,2,4,8-9H2,(H,23,27)/t11-,12-,13+. The van der Waals surface area contributed by atoms with Crippen LogP contribution < -0.4 is 10.2 Å². The van der Waals surface area contributed by atoms with Crippen molar-refractivity contribution in [3.8, 4) is 0 Å². The number of pyridine rings is 1. The molecule has 0 unspecified atom stereocenters. The summed E-state index contributed by atoms with van der Waals surface area (Å²) in [6.45, 7) is 2.09. The molecule has 3 aromatic rings. The predicted octanol–water partition coefficient (Wildman–Crippen LogP) is 2.91. The summed E-state index contributed by atoms with van der Waals surface area (Å²) < 4.78 is 19.4. The maximum Gasteiger partial charge on any atom is 0.287 e. The Morgan fingerprint density at radius 1 is 1.36 bits per heavy atom. The van der Waals surface area contributed by atoms with Crippen molar-refractivity contribution in [2.75, 3.05) is 24.5 Å². The Bertz CT molecular complexity index is 1010. The Hall–Kier alpha value is -2.74. The second kappa shape index (κ2) is 6.70. The summed E-state index contributed by atoms with van der Waals surface area (Å²) in [5.41, 5.74) is 0.599. The summed E-state index contributed by atoms with van der Waals surface area (Å²) in [5, 5.41) is 3.82. The zero-order valence-electron chi connectivity index (χ0n) is 14.8. The number of nitrogens with one attached hydrogen (secondary N) is 1. The Kier molecular flexibility index (Phi) is 4.16. The number of aromatic nitrogens is 3. The molecule has 0 aromatic carbocycles. The van der Waals surface area contributed by atoms with Crippen LogP contribution >= 0.6 is 11.6 Å². The van der Waals surface area contributed by atoms with Crippen molar-refractivity contribution >= 4 is 34.3 Å². The lowest BCUT2D eigenvalue weighted by atomic mass is 10.2. The number of fused-ring (bicyclic) bond motifs is 2. The lowest BCUT2D eigenvalue weighted by Gasteiger charge is -2.21. The maximum absolute atomic E-state index is 13.9. The van der Waals surface area contributed by atoms with E-state index in [-0.39, 0.29) is 17.0 Å². The number of halogens is 2. The predicted molar refractivity (Wildman–Crippen MR) is 101 cm³/mol. The molecule has 1 N–H and O–H groups in total. The van der Waals surface area contributed by atoms with Gasteiger partial charge in [0.05, 0.1) is 12.4 Å². The third-order valence-corrected chi connectivity index (χ3v) is 5.86. The number of carbonyl (C=O) groups excluding carboxylic acids is 1. The van der Waals surface area contributed by atoms with Crippen molar-refractivity contribution in [3.63, 3.8) is 0 Å². The van der Waals surface area contributed by atoms with Gasteiger partial charge >= 0.3 is 0 Å². The molecule has 28 heavy (non-hydrogen) atoms. The van der Waals surface area contributed by atoms with Gasteiger partial charge in [-0.2, -0.15) is 4.98 Å². The van der Waals surface area contributed by atoms with E-state index in [1.807, 2.05) is 4.90 Å². The van der Waals surface area contributed by atoms with Gasteiger partial charge in [-0.25, -0.2) is 9.37 Å². The van der Waals surface area contributed by atoms with Gasteiger partial charge in [0.15, 0.2) is 23.0 Å². The lowest BCUT2D eigenvalue weighted by Crippen LogP contribution is -2.28. The summed E-state index contributed by atoms with van der Waals surface area (Å²) in [7, 11) is 0. The van der Waals surface area contributed by atoms with Crippen LogP contribution in [0.4, 0.5) is 10.2 Å². The average molecular weight is 402 g/mol. The van der Waals surface area contributed by atoms with E-state index in [9.17, 15) is 9.18 Å². The van der Waals surface area contributed by atoms with Gasteiger partial charge in [0.2, 0.25) is 5.28 Å². The Labute approximate surface area is 164 Å². The number of rotatable bonds is 5. The number of amides is 1. The molecule has 0 spiro atoms. The van der Waals surface area contributed by atoms with Crippen molar-refractivity contribution in [2.24, 2.45) is 17.8 Å². The highest BCUT2D eigenvalue weighted by Crippen LogP contribution is 2.54. The molecule has 2 fully saturated rings. The van der Waals surface area contributed by atoms with Gasteiger partial charge < -0.3 is 14.6 Å². The van der Waals surface area contributed by atoms with E-state index in [0.29, 0.717) is 35.6 Å². The number of carbonyl (C=O) groups is 1. The van der Waals surface area contributed by atoms with Crippen molar-refractivity contribution in [3.05, 3.63) is 47.6 Å². The van der Waals surface area contributed by atoms with Gasteiger partial charge in [0, 0.05) is 31.2 Å². The van der Waals surface area contributed by atoms with Gasteiger partial charge in [-0.05, 0) is 47.9 Å². The topological polar surface area (TPSA) is 84.2 Å². The first kappa shape index (κ1) is 17.4. The smallest absolute Gasteiger partial charge is 0.287 e. The fraction of sp³-hybridized carbons (Fsp3) is 0.368. The molecule has 9 heteroatoms. The average Bonchev–Trinajstić information content (AvgIpc) is 3.05. The monoisotopic (exact) mass is 401 g/mol. The van der Waals surface area contributed by atoms with E-state index >= 15 is 0 Å². The molecule has 3 atom stereocenters. The molecule has 1 aliphatic carbocycles. The summed E-state index contributed by atoms with van der Waals surface area (Å²) in [5.74, 6) is 1.44. The Morgan fingerprint density at radius 2 is 2.18 bits per heavy atom. The highest BCUT2D eigenvalue weighted by Gasteiger charge is 2.55. The van der Waals surface area contributed by atoms with Crippen LogP contribution in [0.25, 0.3) is 11.0 Å². The lowest BCUT2D eigenvalue weighted by molar-refractivity contribution is 0.0926. The first-order valence-corrected chi connectivity index (χ1v) is 9.52. The molecule has 0 radical (unpaired) electrons. The molecule has 2 aliphatic rings. The number of hydrogen-bond acceptors (Lipinski definition) is 6. The fourth-order valence-corrected chi connectivity index (χ4v) is 4.37. The van der Waals surface area contributed by atoms with E-state index in [4.69, 9.17) is 16.0 Å². The molecule has 1 saturated heterocycles. The number of hydrogen-bond donors (Lipinski definition) is 1. The molecule has 0 bridgehead atoms. The molecule has 144 valence electrons. The molecule has 1 amide bonds. The van der Waals surface area contributed by atoms with Crippen LogP contribution in [0.2, 0.25) is 5.28 Å². The number of nitrogens with zero attached hydrogens (tertiary/aromatic N) is 4. The molecule has 7 nitrogen and oxygen atoms in total. The zero-order valence-corrected chi connectivity index (χ0v) is 15.6. The molecule has 5 rings (SSSR count). The van der Waals surface area contributed by atoms with Gasteiger partial charge in [-0.1, -0.05) is 0 Å². The number of anilines is 1. The number of piperidine rings is 1. The first-order chi connectivity index (χ1) is 13.6. The summed E-state index contributed by atoms with van der Waals surface area (Å²) in [6, 6.07) is 3.53. The zero-order chi connectivity index (χ0) is 19.3. The number of furan rings is 1. The van der Waals surface area contributed by atoms with Gasteiger partial charge in [0.25, 0.3) is 5.91 Å². The first-order valence-electron chi connectivity index (χ1n) is 9.15. The summed E-state index contributed by atoms with van der Waals surface area (Å²) in [6.07, 6.45) is 5.26. The van der Waals surface area contributed by atoms with E-state index < -0.39 is 5.82 Å². The molecule has 1 saturated carbocycles. The normalized spacial score (nSPS) is 23.1. The van der Waals surface area contributed by atoms with Crippen LogP contribution in [0.1, 0.15) is 17.0 Å². The third kappa shape index (κ3) is 3.07. The van der Waals surface area contributed by atoms with E-state index in [0.717, 1.165) is 31.1 Å². The van der Waals surface area contributed by atoms with Crippen LogP contribution in [0.3, 0.4) is 0 Å². The second-order valence-corrected chi connectivity index (χ2v) is 7.61. The van der Waals surface area contributed by atoms with Crippen LogP contribution in [-0.2, 0) is 0 Å². The van der Waals surface area contributed by atoms with E-state index in [1.54, 1.807) is 24.5 Å². The van der Waals surface area contributed by atoms with Crippen LogP contribution in [0, 0.1) is 23.6 Å². The molecular weight excluding hydrogens is 385 g/mol. The highest BCUT2D eigenvalue weighted by atomic mass is 35.5. The van der Waals surface area contributed by atoms with Crippen LogP contribution in [0.5, 0.6) is 0 Å². The molecular formula is C19H17ClFN5O2. The van der Waals surface area contributed by atoms with Crippen LogP contribution in [0.15, 0.2) is 35.1 Å². The van der Waals surface area contributed by atoms with E-state index in [2.05, 4.69) is 20.3 Å². The molecule has 3 aromatic heterocycles. The quantitative estimate of drug-likeness (QED) is 0.662. The molecule has 4 heterocycles. The van der Waals surface area contributed by atoms with Crippen LogP contribution in [-0.4, -0.2) is 40.5 Å². The highest BCUT2D eigenvalue weighted by molar-refractivity contribution is 6.28. The molecule has 1 aliphatic heterocycles. The van der Waals surface area contributed by atoms with Crippen molar-refractivity contribution in [2.45, 2.75) is 6.42 Å². The van der Waals surface area contributed by atoms with E-state index in [1.165, 1.54) is 0 Å². The maximum atomic E-state index is 13.9. The minimum atomic E-state index is -0.449. The van der Waals surface area contributed by atoms with Crippen molar-refractivity contribution in [1.29, 1.82) is 0 Å². The van der Waals surface area contributed by atoms with Crippen molar-refractivity contribution in [1.82, 2.24) is 20.3 Å². The van der Waals surface area contributed by atoms with Gasteiger partial charge in [-0.15, -0.1) is 0 Å². The largest absolute Gasteiger partial charge is 0.449 e. The third-order valence-electron chi connectivity index (χ3n) is 5.68. The fourth-order valence-electron chi connectivity index (χ4n) is 4.25. The second-order valence-electron chi connectivity index (χ2n) is 7.28. The minimum absolute atomic E-state index is 0.0533. The van der Waals surface area contributed by atoms with Gasteiger partial charge in [0.1, 0.15) is 0 Å². The Morgan fingerprint density at radius 3 is 2.96 bits per heavy atom. The van der Waals surface area contributed by atoms with Crippen molar-refractivity contribution < 1.29 is 13.6 Å².